The van der Waals surface area contributed by atoms with Crippen molar-refractivity contribution in [3.05, 3.63) is 77.9 Å². The van der Waals surface area contributed by atoms with Gasteiger partial charge in [0.15, 0.2) is 4.34 Å². The molecule has 0 saturated heterocycles. The predicted molar refractivity (Wildman–Crippen MR) is 125 cm³/mol. The van der Waals surface area contributed by atoms with E-state index in [1.165, 1.54) is 23.1 Å². The lowest BCUT2D eigenvalue weighted by molar-refractivity contribution is -0.118. The number of nitrogens with one attached hydrogen (secondary N) is 2. The summed E-state index contributed by atoms with van der Waals surface area (Å²) in [4.78, 5) is 29.4. The molecule has 2 amide bonds. The van der Waals surface area contributed by atoms with Crippen molar-refractivity contribution in [1.29, 1.82) is 0 Å². The van der Waals surface area contributed by atoms with E-state index in [4.69, 9.17) is 0 Å². The summed E-state index contributed by atoms with van der Waals surface area (Å²) in [6.07, 6.45) is 1.64. The monoisotopic (exact) mass is 437 g/mol. The number of aryl methyl sites for hydroxylation is 2. The Kier molecular flexibility index (Phi) is 7.43. The molecule has 0 spiro atoms. The van der Waals surface area contributed by atoms with E-state index in [0.717, 1.165) is 21.0 Å². The van der Waals surface area contributed by atoms with Crippen LogP contribution in [0.2, 0.25) is 0 Å². The maximum Gasteiger partial charge on any atom is 0.256 e. The first-order valence-electron chi connectivity index (χ1n) is 9.43. The summed E-state index contributed by atoms with van der Waals surface area (Å²) in [5.74, 6) is -0.0172. The fraction of sp³-hybridized carbons (Fsp3) is 0.174. The second-order valence-electron chi connectivity index (χ2n) is 6.66. The highest BCUT2D eigenvalue weighted by atomic mass is 32.2. The van der Waals surface area contributed by atoms with Crippen LogP contribution in [0, 0.1) is 13.8 Å². The number of carbonyl (C=O) groups is 2. The van der Waals surface area contributed by atoms with Crippen LogP contribution in [0.15, 0.2) is 65.5 Å². The second kappa shape index (κ2) is 10.2. The number of nitrogens with zero attached hydrogens (tertiary/aromatic N) is 1. The third kappa shape index (κ3) is 5.58. The zero-order valence-corrected chi connectivity index (χ0v) is 18.5. The van der Waals surface area contributed by atoms with Gasteiger partial charge >= 0.3 is 0 Å². The Morgan fingerprint density at radius 1 is 1.13 bits per heavy atom. The zero-order valence-electron chi connectivity index (χ0n) is 16.9. The maximum absolute atomic E-state index is 12.8. The van der Waals surface area contributed by atoms with Gasteiger partial charge in [0.2, 0.25) is 5.91 Å². The molecule has 1 aromatic heterocycles. The predicted octanol–water partition coefficient (Wildman–Crippen LogP) is 5.07. The molecule has 0 fully saturated rings. The van der Waals surface area contributed by atoms with Crippen molar-refractivity contribution in [2.45, 2.75) is 18.2 Å². The molecule has 3 aromatic rings. The Balaban J connectivity index is 1.83. The molecular formula is C23H23N3O2S2. The summed E-state index contributed by atoms with van der Waals surface area (Å²) >= 11 is 2.72. The molecule has 0 radical (unpaired) electrons. The van der Waals surface area contributed by atoms with Crippen LogP contribution < -0.4 is 10.6 Å². The number of amides is 2. The van der Waals surface area contributed by atoms with Gasteiger partial charge in [-0.05, 0) is 37.1 Å². The molecule has 0 aliphatic heterocycles. The molecule has 0 atom stereocenters. The summed E-state index contributed by atoms with van der Waals surface area (Å²) < 4.78 is 0.720. The van der Waals surface area contributed by atoms with Crippen LogP contribution >= 0.6 is 23.1 Å². The Bertz CT molecular complexity index is 1060. The van der Waals surface area contributed by atoms with E-state index in [9.17, 15) is 9.59 Å². The fourth-order valence-electron chi connectivity index (χ4n) is 2.66. The number of hydrogen-bond donors (Lipinski definition) is 2. The van der Waals surface area contributed by atoms with E-state index in [0.29, 0.717) is 22.8 Å². The summed E-state index contributed by atoms with van der Waals surface area (Å²) in [5.41, 5.74) is 4.42. The van der Waals surface area contributed by atoms with Crippen LogP contribution in [0.1, 0.15) is 21.5 Å². The molecule has 0 bridgehead atoms. The smallest absolute Gasteiger partial charge is 0.256 e. The highest BCUT2D eigenvalue weighted by Crippen LogP contribution is 2.37. The van der Waals surface area contributed by atoms with Gasteiger partial charge in [-0.15, -0.1) is 6.58 Å². The van der Waals surface area contributed by atoms with E-state index in [2.05, 4.69) is 22.2 Å². The normalized spacial score (nSPS) is 10.5. The molecule has 30 heavy (non-hydrogen) atoms. The highest BCUT2D eigenvalue weighted by molar-refractivity contribution is 8.01. The van der Waals surface area contributed by atoms with Gasteiger partial charge in [-0.2, -0.15) is 0 Å². The van der Waals surface area contributed by atoms with E-state index in [1.807, 2.05) is 62.4 Å². The summed E-state index contributed by atoms with van der Waals surface area (Å²) in [5, 5.41) is 6.42. The standard InChI is InChI=1S/C23H23N3O2S2/c1-4-12-24-19(27)14-29-23-25-20(17-8-6-5-7-9-17)22(30-23)26-21(28)18-11-10-15(2)16(3)13-18/h4-11,13H,1,12,14H2,2-3H3,(H,24,27)(H,26,28). The van der Waals surface area contributed by atoms with Crippen LogP contribution in [-0.2, 0) is 4.79 Å². The third-order valence-electron chi connectivity index (χ3n) is 4.42. The summed E-state index contributed by atoms with van der Waals surface area (Å²) in [6, 6.07) is 15.3. The van der Waals surface area contributed by atoms with Crippen molar-refractivity contribution in [3.8, 4) is 11.3 Å². The maximum atomic E-state index is 12.8. The number of aromatic nitrogens is 1. The number of benzene rings is 2. The van der Waals surface area contributed by atoms with Gasteiger partial charge in [0.1, 0.15) is 10.7 Å². The van der Waals surface area contributed by atoms with Crippen molar-refractivity contribution in [2.75, 3.05) is 17.6 Å². The summed E-state index contributed by atoms with van der Waals surface area (Å²) in [7, 11) is 0. The van der Waals surface area contributed by atoms with Gasteiger partial charge in [0.05, 0.1) is 5.75 Å². The first kappa shape index (κ1) is 21.8. The number of rotatable bonds is 8. The molecular weight excluding hydrogens is 414 g/mol. The van der Waals surface area contributed by atoms with Gasteiger partial charge < -0.3 is 10.6 Å². The molecule has 0 aliphatic carbocycles. The molecule has 7 heteroatoms. The minimum Gasteiger partial charge on any atom is -0.352 e. The van der Waals surface area contributed by atoms with E-state index >= 15 is 0 Å². The highest BCUT2D eigenvalue weighted by Gasteiger charge is 2.17. The number of anilines is 1. The van der Waals surface area contributed by atoms with Crippen molar-refractivity contribution in [3.63, 3.8) is 0 Å². The Morgan fingerprint density at radius 2 is 1.90 bits per heavy atom. The van der Waals surface area contributed by atoms with Gasteiger partial charge in [0, 0.05) is 17.7 Å². The number of carbonyl (C=O) groups excluding carboxylic acids is 2. The van der Waals surface area contributed by atoms with Crippen molar-refractivity contribution < 1.29 is 9.59 Å². The fourth-order valence-corrected chi connectivity index (χ4v) is 4.55. The van der Waals surface area contributed by atoms with E-state index < -0.39 is 0 Å². The first-order valence-corrected chi connectivity index (χ1v) is 11.2. The second-order valence-corrected chi connectivity index (χ2v) is 8.88. The topological polar surface area (TPSA) is 71.1 Å². The van der Waals surface area contributed by atoms with Crippen LogP contribution in [0.25, 0.3) is 11.3 Å². The Hall–Kier alpha value is -2.90. The van der Waals surface area contributed by atoms with E-state index in [1.54, 1.807) is 6.08 Å². The third-order valence-corrected chi connectivity index (χ3v) is 6.53. The molecule has 0 unspecified atom stereocenters. The number of thiazole rings is 1. The summed E-state index contributed by atoms with van der Waals surface area (Å²) in [6.45, 7) is 8.03. The lowest BCUT2D eigenvalue weighted by Crippen LogP contribution is -2.24. The molecule has 0 saturated carbocycles. The van der Waals surface area contributed by atoms with Crippen LogP contribution in [0.4, 0.5) is 5.00 Å². The van der Waals surface area contributed by atoms with Crippen LogP contribution in [0.5, 0.6) is 0 Å². The van der Waals surface area contributed by atoms with E-state index in [-0.39, 0.29) is 17.6 Å². The molecule has 2 aromatic carbocycles. The first-order chi connectivity index (χ1) is 14.5. The molecule has 3 rings (SSSR count). The minimum absolute atomic E-state index is 0.0860. The Morgan fingerprint density at radius 3 is 2.60 bits per heavy atom. The lowest BCUT2D eigenvalue weighted by Gasteiger charge is -2.07. The number of hydrogen-bond acceptors (Lipinski definition) is 5. The number of thioether (sulfide) groups is 1. The Labute approximate surface area is 184 Å². The molecule has 1 heterocycles. The van der Waals surface area contributed by atoms with Crippen LogP contribution in [0.3, 0.4) is 0 Å². The van der Waals surface area contributed by atoms with Gasteiger partial charge in [-0.25, -0.2) is 4.98 Å². The molecule has 0 aliphatic rings. The quantitative estimate of drug-likeness (QED) is 0.381. The van der Waals surface area contributed by atoms with Gasteiger partial charge in [-0.3, -0.25) is 9.59 Å². The average molecular weight is 438 g/mol. The molecule has 154 valence electrons. The molecule has 2 N–H and O–H groups in total. The zero-order chi connectivity index (χ0) is 21.5. The molecule has 5 nitrogen and oxygen atoms in total. The van der Waals surface area contributed by atoms with Gasteiger partial charge in [0.25, 0.3) is 5.91 Å². The lowest BCUT2D eigenvalue weighted by atomic mass is 10.1. The minimum atomic E-state index is -0.181. The van der Waals surface area contributed by atoms with Crippen molar-refractivity contribution in [2.24, 2.45) is 0 Å². The van der Waals surface area contributed by atoms with Gasteiger partial charge in [-0.1, -0.05) is 65.6 Å². The van der Waals surface area contributed by atoms with Crippen LogP contribution in [-0.4, -0.2) is 29.1 Å². The SMILES string of the molecule is C=CCNC(=O)CSc1nc(-c2ccccc2)c(NC(=O)c2ccc(C)c(C)c2)s1. The largest absolute Gasteiger partial charge is 0.352 e. The van der Waals surface area contributed by atoms with Crippen molar-refractivity contribution >= 4 is 39.9 Å². The van der Waals surface area contributed by atoms with Crippen molar-refractivity contribution in [1.82, 2.24) is 10.3 Å². The average Bonchev–Trinajstić information content (AvgIpc) is 3.15.